The van der Waals surface area contributed by atoms with E-state index in [0.29, 0.717) is 12.7 Å². The lowest BCUT2D eigenvalue weighted by Crippen LogP contribution is -2.28. The van der Waals surface area contributed by atoms with Gasteiger partial charge in [0, 0.05) is 0 Å². The van der Waals surface area contributed by atoms with Crippen molar-refractivity contribution in [2.75, 3.05) is 0 Å². The van der Waals surface area contributed by atoms with Crippen molar-refractivity contribution in [1.29, 1.82) is 0 Å². The molecule has 2 fully saturated rings. The van der Waals surface area contributed by atoms with Gasteiger partial charge in [0.15, 0.2) is 0 Å². The van der Waals surface area contributed by atoms with Crippen LogP contribution in [0.25, 0.3) is 0 Å². The molecule has 1 aromatic rings. The Hall–Kier alpha value is -1.15. The average molecular weight is 359 g/mol. The van der Waals surface area contributed by atoms with E-state index in [2.05, 4.69) is 12.7 Å². The highest BCUT2D eigenvalue weighted by Crippen LogP contribution is 2.41. The zero-order valence-corrected chi connectivity index (χ0v) is 16.2. The first-order valence-electron chi connectivity index (χ1n) is 10.7. The van der Waals surface area contributed by atoms with E-state index < -0.39 is 0 Å². The molecule has 144 valence electrons. The standard InChI is InChI=1S/C24H35FO/c1-2-3-4-5-19-6-10-21(11-7-19)22-12-16-24(17-13-22)26-18-20-8-14-23(25)15-9-20/h2,8-9,14-15,19,21-22,24H,1,3-7,10-13,16-18H2/t19-,21-,22-,24-. The van der Waals surface area contributed by atoms with Gasteiger partial charge in [0.25, 0.3) is 0 Å². The Morgan fingerprint density at radius 2 is 1.54 bits per heavy atom. The molecule has 26 heavy (non-hydrogen) atoms. The van der Waals surface area contributed by atoms with Gasteiger partial charge in [-0.15, -0.1) is 6.58 Å². The molecule has 0 aromatic heterocycles. The summed E-state index contributed by atoms with van der Waals surface area (Å²) in [6, 6.07) is 6.69. The molecule has 2 heteroatoms. The minimum Gasteiger partial charge on any atom is -0.374 e. The number of hydrogen-bond acceptors (Lipinski definition) is 1. The molecule has 0 heterocycles. The SMILES string of the molecule is C=CCCC[C@H]1CC[C@H]([C@H]2CC[C@H](OCc3ccc(F)cc3)CC2)CC1. The largest absolute Gasteiger partial charge is 0.374 e. The first-order valence-corrected chi connectivity index (χ1v) is 10.7. The predicted octanol–water partition coefficient (Wildman–Crippen LogP) is 7.06. The van der Waals surface area contributed by atoms with Gasteiger partial charge in [0.2, 0.25) is 0 Å². The molecule has 0 spiro atoms. The third kappa shape index (κ3) is 5.94. The maximum Gasteiger partial charge on any atom is 0.123 e. The second kappa shape index (κ2) is 10.3. The van der Waals surface area contributed by atoms with Crippen molar-refractivity contribution in [3.05, 3.63) is 48.3 Å². The van der Waals surface area contributed by atoms with Crippen molar-refractivity contribution in [1.82, 2.24) is 0 Å². The third-order valence-electron chi connectivity index (χ3n) is 6.70. The minimum atomic E-state index is -0.176. The lowest BCUT2D eigenvalue weighted by atomic mass is 9.70. The molecule has 0 radical (unpaired) electrons. The lowest BCUT2D eigenvalue weighted by molar-refractivity contribution is -0.00286. The van der Waals surface area contributed by atoms with Crippen LogP contribution in [0.5, 0.6) is 0 Å². The van der Waals surface area contributed by atoms with E-state index in [1.807, 2.05) is 12.1 Å². The minimum absolute atomic E-state index is 0.176. The van der Waals surface area contributed by atoms with Crippen molar-refractivity contribution in [2.45, 2.75) is 83.3 Å². The van der Waals surface area contributed by atoms with Crippen LogP contribution in [0.3, 0.4) is 0 Å². The highest BCUT2D eigenvalue weighted by Gasteiger charge is 2.30. The summed E-state index contributed by atoms with van der Waals surface area (Å²) in [7, 11) is 0. The van der Waals surface area contributed by atoms with Crippen LogP contribution in [0.2, 0.25) is 0 Å². The molecule has 2 saturated carbocycles. The summed E-state index contributed by atoms with van der Waals surface area (Å²) in [4.78, 5) is 0. The Balaban J connectivity index is 1.32. The molecule has 2 aliphatic carbocycles. The Labute approximate surface area is 159 Å². The van der Waals surface area contributed by atoms with E-state index in [0.717, 1.165) is 23.3 Å². The van der Waals surface area contributed by atoms with Crippen molar-refractivity contribution < 1.29 is 9.13 Å². The Bertz CT molecular complexity index is 522. The second-order valence-electron chi connectivity index (χ2n) is 8.47. The van der Waals surface area contributed by atoms with E-state index in [-0.39, 0.29) is 5.82 Å². The summed E-state index contributed by atoms with van der Waals surface area (Å²) >= 11 is 0. The molecule has 1 nitrogen and oxygen atoms in total. The quantitative estimate of drug-likeness (QED) is 0.357. The van der Waals surface area contributed by atoms with Crippen molar-refractivity contribution in [2.24, 2.45) is 17.8 Å². The maximum absolute atomic E-state index is 13.0. The monoisotopic (exact) mass is 358 g/mol. The van der Waals surface area contributed by atoms with Gasteiger partial charge in [-0.2, -0.15) is 0 Å². The summed E-state index contributed by atoms with van der Waals surface area (Å²) in [6.07, 6.45) is 17.2. The third-order valence-corrected chi connectivity index (χ3v) is 6.70. The fraction of sp³-hybridized carbons (Fsp3) is 0.667. The molecular weight excluding hydrogens is 323 g/mol. The normalized spacial score (nSPS) is 29.4. The van der Waals surface area contributed by atoms with E-state index in [4.69, 9.17) is 4.74 Å². The highest BCUT2D eigenvalue weighted by molar-refractivity contribution is 5.15. The number of halogens is 1. The van der Waals surface area contributed by atoms with Gasteiger partial charge in [0.1, 0.15) is 5.82 Å². The van der Waals surface area contributed by atoms with Crippen LogP contribution in [0.1, 0.15) is 76.2 Å². The summed E-state index contributed by atoms with van der Waals surface area (Å²) < 4.78 is 19.0. The fourth-order valence-electron chi connectivity index (χ4n) is 5.02. The van der Waals surface area contributed by atoms with Crippen LogP contribution < -0.4 is 0 Å². The first kappa shape index (κ1) is 19.6. The smallest absolute Gasteiger partial charge is 0.123 e. The molecular formula is C24H35FO. The Kier molecular flexibility index (Phi) is 7.73. The molecule has 0 unspecified atom stereocenters. The Morgan fingerprint density at radius 3 is 2.15 bits per heavy atom. The predicted molar refractivity (Wildman–Crippen MR) is 106 cm³/mol. The van der Waals surface area contributed by atoms with E-state index in [1.54, 1.807) is 0 Å². The molecule has 3 rings (SSSR count). The number of allylic oxidation sites excluding steroid dienone is 1. The van der Waals surface area contributed by atoms with E-state index in [9.17, 15) is 4.39 Å². The van der Waals surface area contributed by atoms with Gasteiger partial charge in [-0.3, -0.25) is 0 Å². The fourth-order valence-corrected chi connectivity index (χ4v) is 5.02. The molecule has 0 aliphatic heterocycles. The summed E-state index contributed by atoms with van der Waals surface area (Å²) in [5.41, 5.74) is 1.07. The maximum atomic E-state index is 13.0. The summed E-state index contributed by atoms with van der Waals surface area (Å²) in [5.74, 6) is 2.68. The molecule has 2 aliphatic rings. The first-order chi connectivity index (χ1) is 12.7. The molecule has 0 bridgehead atoms. The Morgan fingerprint density at radius 1 is 0.923 bits per heavy atom. The van der Waals surface area contributed by atoms with Crippen LogP contribution in [0.15, 0.2) is 36.9 Å². The summed E-state index contributed by atoms with van der Waals surface area (Å²) in [5, 5.41) is 0. The summed E-state index contributed by atoms with van der Waals surface area (Å²) in [6.45, 7) is 4.45. The average Bonchev–Trinajstić information content (AvgIpc) is 2.69. The molecule has 0 saturated heterocycles. The zero-order valence-electron chi connectivity index (χ0n) is 16.2. The highest BCUT2D eigenvalue weighted by atomic mass is 19.1. The van der Waals surface area contributed by atoms with E-state index >= 15 is 0 Å². The number of rotatable bonds is 8. The van der Waals surface area contributed by atoms with Crippen molar-refractivity contribution in [3.63, 3.8) is 0 Å². The van der Waals surface area contributed by atoms with E-state index in [1.165, 1.54) is 82.8 Å². The van der Waals surface area contributed by atoms with Crippen molar-refractivity contribution >= 4 is 0 Å². The topological polar surface area (TPSA) is 9.23 Å². The number of ether oxygens (including phenoxy) is 1. The lowest BCUT2D eigenvalue weighted by Gasteiger charge is -2.37. The van der Waals surface area contributed by atoms with Crippen molar-refractivity contribution in [3.8, 4) is 0 Å². The number of hydrogen-bond donors (Lipinski definition) is 0. The van der Waals surface area contributed by atoms with Crippen LogP contribution in [0.4, 0.5) is 4.39 Å². The van der Waals surface area contributed by atoms with Gasteiger partial charge < -0.3 is 4.74 Å². The molecule has 0 atom stereocenters. The second-order valence-corrected chi connectivity index (χ2v) is 8.47. The molecule has 0 N–H and O–H groups in total. The van der Waals surface area contributed by atoms with Crippen LogP contribution in [0, 0.1) is 23.6 Å². The zero-order chi connectivity index (χ0) is 18.2. The van der Waals surface area contributed by atoms with Crippen LogP contribution in [-0.2, 0) is 11.3 Å². The van der Waals surface area contributed by atoms with Gasteiger partial charge in [0.05, 0.1) is 12.7 Å². The number of benzene rings is 1. The number of unbranched alkanes of at least 4 members (excludes halogenated alkanes) is 1. The molecule has 1 aromatic carbocycles. The van der Waals surface area contributed by atoms with Gasteiger partial charge in [-0.25, -0.2) is 4.39 Å². The van der Waals surface area contributed by atoms with Crippen LogP contribution in [-0.4, -0.2) is 6.10 Å². The van der Waals surface area contributed by atoms with Gasteiger partial charge in [-0.1, -0.05) is 37.5 Å². The van der Waals surface area contributed by atoms with Gasteiger partial charge >= 0.3 is 0 Å². The molecule has 0 amide bonds. The van der Waals surface area contributed by atoms with Gasteiger partial charge in [-0.05, 0) is 86.8 Å². The van der Waals surface area contributed by atoms with Crippen LogP contribution >= 0.6 is 0 Å².